The van der Waals surface area contributed by atoms with Gasteiger partial charge in [0.2, 0.25) is 5.91 Å². The Morgan fingerprint density at radius 1 is 1.12 bits per heavy atom. The van der Waals surface area contributed by atoms with Crippen molar-refractivity contribution in [2.75, 3.05) is 7.05 Å². The zero-order chi connectivity index (χ0) is 18.6. The number of nitrogens with two attached hydrogens (primary N) is 1. The van der Waals surface area contributed by atoms with Gasteiger partial charge in [0.05, 0.1) is 11.5 Å². The van der Waals surface area contributed by atoms with Gasteiger partial charge in [-0.2, -0.15) is 13.2 Å². The molecule has 2 N–H and O–H groups in total. The number of alkyl halides is 3. The molecule has 142 valence electrons. The molecule has 0 aliphatic rings. The molecular weight excluding hydrogens is 365 g/mol. The SMILES string of the molecule is CC(C(=O)N(C)Cc1cccc(C(F)(F)F)c1)C(N)c1ccccc1.Cl. The van der Waals surface area contributed by atoms with Gasteiger partial charge < -0.3 is 10.6 Å². The van der Waals surface area contributed by atoms with E-state index >= 15 is 0 Å². The zero-order valence-corrected chi connectivity index (χ0v) is 15.3. The average Bonchev–Trinajstić information content (AvgIpc) is 2.60. The Labute approximate surface area is 157 Å². The van der Waals surface area contributed by atoms with Gasteiger partial charge in [-0.25, -0.2) is 0 Å². The summed E-state index contributed by atoms with van der Waals surface area (Å²) in [6.45, 7) is 1.82. The lowest BCUT2D eigenvalue weighted by atomic mass is 9.94. The molecule has 7 heteroatoms. The first kappa shape index (κ1) is 22.0. The summed E-state index contributed by atoms with van der Waals surface area (Å²) in [5, 5.41) is 0. The first-order chi connectivity index (χ1) is 11.7. The highest BCUT2D eigenvalue weighted by atomic mass is 35.5. The van der Waals surface area contributed by atoms with Crippen LogP contribution in [0.4, 0.5) is 13.2 Å². The van der Waals surface area contributed by atoms with E-state index in [0.29, 0.717) is 5.56 Å². The van der Waals surface area contributed by atoms with E-state index in [1.807, 2.05) is 30.3 Å². The molecule has 0 aromatic heterocycles. The minimum atomic E-state index is -4.40. The fourth-order valence-electron chi connectivity index (χ4n) is 2.66. The van der Waals surface area contributed by atoms with Crippen molar-refractivity contribution in [3.63, 3.8) is 0 Å². The highest BCUT2D eigenvalue weighted by Crippen LogP contribution is 2.30. The van der Waals surface area contributed by atoms with Gasteiger partial charge in [0.25, 0.3) is 0 Å². The molecule has 0 aliphatic heterocycles. The normalized spacial score (nSPS) is 13.5. The molecule has 0 saturated heterocycles. The zero-order valence-electron chi connectivity index (χ0n) is 14.5. The molecule has 2 rings (SSSR count). The lowest BCUT2D eigenvalue weighted by Gasteiger charge is -2.26. The van der Waals surface area contributed by atoms with Gasteiger partial charge in [0, 0.05) is 19.6 Å². The first-order valence-corrected chi connectivity index (χ1v) is 7.92. The van der Waals surface area contributed by atoms with E-state index in [-0.39, 0.29) is 24.9 Å². The van der Waals surface area contributed by atoms with Gasteiger partial charge in [-0.3, -0.25) is 4.79 Å². The van der Waals surface area contributed by atoms with Crippen molar-refractivity contribution in [2.24, 2.45) is 11.7 Å². The topological polar surface area (TPSA) is 46.3 Å². The molecule has 26 heavy (non-hydrogen) atoms. The number of rotatable bonds is 5. The first-order valence-electron chi connectivity index (χ1n) is 7.92. The molecule has 0 radical (unpaired) electrons. The van der Waals surface area contributed by atoms with Crippen LogP contribution in [0.2, 0.25) is 0 Å². The van der Waals surface area contributed by atoms with Crippen LogP contribution >= 0.6 is 12.4 Å². The van der Waals surface area contributed by atoms with Gasteiger partial charge in [-0.1, -0.05) is 49.4 Å². The van der Waals surface area contributed by atoms with Gasteiger partial charge >= 0.3 is 6.18 Å². The highest BCUT2D eigenvalue weighted by Gasteiger charge is 2.31. The summed E-state index contributed by atoms with van der Waals surface area (Å²) < 4.78 is 38.4. The molecule has 2 unspecified atom stereocenters. The maximum atomic E-state index is 12.8. The summed E-state index contributed by atoms with van der Waals surface area (Å²) in [6, 6.07) is 13.8. The van der Waals surface area contributed by atoms with Crippen molar-refractivity contribution in [2.45, 2.75) is 25.7 Å². The number of benzene rings is 2. The summed E-state index contributed by atoms with van der Waals surface area (Å²) in [7, 11) is 1.57. The summed E-state index contributed by atoms with van der Waals surface area (Å²) >= 11 is 0. The quantitative estimate of drug-likeness (QED) is 0.826. The van der Waals surface area contributed by atoms with Crippen LogP contribution in [0.15, 0.2) is 54.6 Å². The Kier molecular flexibility index (Phi) is 7.66. The van der Waals surface area contributed by atoms with E-state index in [2.05, 4.69) is 0 Å². The minimum absolute atomic E-state index is 0. The van der Waals surface area contributed by atoms with Crippen LogP contribution in [-0.2, 0) is 17.5 Å². The molecule has 3 nitrogen and oxygen atoms in total. The van der Waals surface area contributed by atoms with E-state index in [1.54, 1.807) is 20.0 Å². The fraction of sp³-hybridized carbons (Fsp3) is 0.316. The van der Waals surface area contributed by atoms with Crippen LogP contribution in [0.5, 0.6) is 0 Å². The second-order valence-corrected chi connectivity index (χ2v) is 6.12. The molecule has 1 amide bonds. The third-order valence-electron chi connectivity index (χ3n) is 4.16. The molecule has 2 aromatic carbocycles. The Morgan fingerprint density at radius 2 is 1.73 bits per heavy atom. The monoisotopic (exact) mass is 386 g/mol. The van der Waals surface area contributed by atoms with Crippen LogP contribution in [0, 0.1) is 5.92 Å². The van der Waals surface area contributed by atoms with Gasteiger partial charge in [0.1, 0.15) is 0 Å². The van der Waals surface area contributed by atoms with E-state index < -0.39 is 23.7 Å². The van der Waals surface area contributed by atoms with Crippen molar-refractivity contribution in [3.8, 4) is 0 Å². The number of halogens is 4. The van der Waals surface area contributed by atoms with Crippen LogP contribution in [-0.4, -0.2) is 17.9 Å². The third-order valence-corrected chi connectivity index (χ3v) is 4.16. The average molecular weight is 387 g/mol. The van der Waals surface area contributed by atoms with Crippen molar-refractivity contribution in [1.82, 2.24) is 4.90 Å². The van der Waals surface area contributed by atoms with Crippen LogP contribution in [0.1, 0.15) is 29.7 Å². The Hall–Kier alpha value is -2.05. The van der Waals surface area contributed by atoms with E-state index in [0.717, 1.165) is 17.7 Å². The standard InChI is InChI=1S/C19H21F3N2O.ClH/c1-13(17(23)15-8-4-3-5-9-15)18(25)24(2)12-14-7-6-10-16(11-14)19(20,21)22;/h3-11,13,17H,12,23H2,1-2H3;1H. The smallest absolute Gasteiger partial charge is 0.341 e. The molecule has 2 atom stereocenters. The molecule has 0 heterocycles. The van der Waals surface area contributed by atoms with Crippen LogP contribution < -0.4 is 5.73 Å². The number of carbonyl (C=O) groups is 1. The molecule has 0 spiro atoms. The summed E-state index contributed by atoms with van der Waals surface area (Å²) in [4.78, 5) is 14.0. The third kappa shape index (κ3) is 5.47. The van der Waals surface area contributed by atoms with Crippen LogP contribution in [0.25, 0.3) is 0 Å². The van der Waals surface area contributed by atoms with E-state index in [1.165, 1.54) is 11.0 Å². The lowest BCUT2D eigenvalue weighted by molar-refractivity contribution is -0.137. The maximum Gasteiger partial charge on any atom is 0.416 e. The van der Waals surface area contributed by atoms with E-state index in [9.17, 15) is 18.0 Å². The van der Waals surface area contributed by atoms with Crippen LogP contribution in [0.3, 0.4) is 0 Å². The maximum absolute atomic E-state index is 12.8. The van der Waals surface area contributed by atoms with Crippen molar-refractivity contribution >= 4 is 18.3 Å². The summed E-state index contributed by atoms with van der Waals surface area (Å²) in [5.41, 5.74) is 6.70. The Bertz CT molecular complexity index is 722. The Morgan fingerprint density at radius 3 is 2.31 bits per heavy atom. The van der Waals surface area contributed by atoms with Crippen molar-refractivity contribution < 1.29 is 18.0 Å². The predicted molar refractivity (Wildman–Crippen MR) is 97.7 cm³/mol. The number of carbonyl (C=O) groups excluding carboxylic acids is 1. The Balaban J connectivity index is 0.00000338. The highest BCUT2D eigenvalue weighted by molar-refractivity contribution is 5.85. The second-order valence-electron chi connectivity index (χ2n) is 6.12. The summed E-state index contributed by atoms with van der Waals surface area (Å²) in [5.74, 6) is -0.702. The van der Waals surface area contributed by atoms with Crippen molar-refractivity contribution in [1.29, 1.82) is 0 Å². The largest absolute Gasteiger partial charge is 0.416 e. The molecule has 0 saturated carbocycles. The molecule has 0 fully saturated rings. The number of hydrogen-bond donors (Lipinski definition) is 1. The minimum Gasteiger partial charge on any atom is -0.341 e. The van der Waals surface area contributed by atoms with Gasteiger partial charge in [-0.15, -0.1) is 12.4 Å². The molecular formula is C19H22ClF3N2O. The number of amides is 1. The van der Waals surface area contributed by atoms with Gasteiger partial charge in [0.15, 0.2) is 0 Å². The predicted octanol–water partition coefficient (Wildman–Crippen LogP) is 4.42. The van der Waals surface area contributed by atoms with Crippen molar-refractivity contribution in [3.05, 3.63) is 71.3 Å². The molecule has 2 aromatic rings. The fourth-order valence-corrected chi connectivity index (χ4v) is 2.66. The summed E-state index contributed by atoms with van der Waals surface area (Å²) in [6.07, 6.45) is -4.40. The molecule has 0 bridgehead atoms. The number of nitrogens with zero attached hydrogens (tertiary/aromatic N) is 1. The lowest BCUT2D eigenvalue weighted by Crippen LogP contribution is -2.36. The van der Waals surface area contributed by atoms with E-state index in [4.69, 9.17) is 5.73 Å². The second kappa shape index (κ2) is 9.05. The van der Waals surface area contributed by atoms with Gasteiger partial charge in [-0.05, 0) is 23.3 Å². The molecule has 0 aliphatic carbocycles. The number of hydrogen-bond acceptors (Lipinski definition) is 2.